The van der Waals surface area contributed by atoms with Gasteiger partial charge >= 0.3 is 0 Å². The Balaban J connectivity index is 0.000000310. The van der Waals surface area contributed by atoms with Crippen LogP contribution in [0.3, 0.4) is 0 Å². The maximum absolute atomic E-state index is 4.97. The van der Waals surface area contributed by atoms with Crippen molar-refractivity contribution in [2.45, 2.75) is 327 Å². The second-order valence-corrected chi connectivity index (χ2v) is 47.0. The van der Waals surface area contributed by atoms with E-state index in [1.54, 1.807) is 0 Å². The molecule has 1 fully saturated rings. The van der Waals surface area contributed by atoms with Crippen LogP contribution in [0.15, 0.2) is 89.4 Å². The normalized spacial score (nSPS) is 23.1. The fourth-order valence-electron chi connectivity index (χ4n) is 12.5. The van der Waals surface area contributed by atoms with E-state index in [1.165, 1.54) is 82.1 Å². The van der Waals surface area contributed by atoms with Gasteiger partial charge in [0.25, 0.3) is 0 Å². The van der Waals surface area contributed by atoms with Crippen LogP contribution in [0, 0.1) is 70.9 Å². The summed E-state index contributed by atoms with van der Waals surface area (Å²) in [4.78, 5) is 29.5. The lowest BCUT2D eigenvalue weighted by Crippen LogP contribution is -2.43. The summed E-state index contributed by atoms with van der Waals surface area (Å²) < 4.78 is 0. The molecule has 6 heterocycles. The number of aliphatic imine (C=N–C) groups is 5. The van der Waals surface area contributed by atoms with Crippen LogP contribution in [0.1, 0.15) is 294 Å². The van der Waals surface area contributed by atoms with Crippen molar-refractivity contribution < 1.29 is 0 Å². The van der Waals surface area contributed by atoms with Crippen molar-refractivity contribution in [1.82, 2.24) is 4.90 Å². The van der Waals surface area contributed by atoms with Gasteiger partial charge in [0.15, 0.2) is 0 Å². The summed E-state index contributed by atoms with van der Waals surface area (Å²) in [5, 5.41) is 5.78. The van der Waals surface area contributed by atoms with Crippen LogP contribution in [-0.4, -0.2) is 112 Å². The van der Waals surface area contributed by atoms with E-state index < -0.39 is 0 Å². The Labute approximate surface area is 631 Å². The molecule has 99 heavy (non-hydrogen) atoms. The van der Waals surface area contributed by atoms with E-state index in [-0.39, 0.29) is 43.3 Å². The number of nitrogens with zero attached hydrogens (tertiary/aromatic N) is 6. The molecule has 0 aromatic heterocycles. The van der Waals surface area contributed by atoms with Crippen LogP contribution in [0.4, 0.5) is 17.1 Å². The maximum atomic E-state index is 4.97. The lowest BCUT2D eigenvalue weighted by molar-refractivity contribution is 0.117. The van der Waals surface area contributed by atoms with Gasteiger partial charge in [0.2, 0.25) is 0 Å². The molecule has 6 aliphatic rings. The zero-order valence-corrected chi connectivity index (χ0v) is 74.6. The number of rotatable bonds is 0. The van der Waals surface area contributed by atoms with Gasteiger partial charge in [-0.3, -0.25) is 25.0 Å². The highest BCUT2D eigenvalue weighted by molar-refractivity contribution is 8.03. The lowest BCUT2D eigenvalue weighted by Gasteiger charge is -2.40. The molecule has 7 nitrogen and oxygen atoms in total. The van der Waals surface area contributed by atoms with E-state index in [0.717, 1.165) is 78.1 Å². The summed E-state index contributed by atoms with van der Waals surface area (Å²) in [7, 11) is 2.29. The third kappa shape index (κ3) is 31.7. The van der Waals surface area contributed by atoms with E-state index in [4.69, 9.17) is 20.0 Å². The van der Waals surface area contributed by atoms with Crippen molar-refractivity contribution in [3.63, 3.8) is 0 Å². The molecule has 0 radical (unpaired) electrons. The van der Waals surface area contributed by atoms with Gasteiger partial charge in [0.05, 0.1) is 17.1 Å². The van der Waals surface area contributed by atoms with Crippen molar-refractivity contribution in [2.24, 2.45) is 95.9 Å². The number of benzene rings is 2. The van der Waals surface area contributed by atoms with E-state index in [0.29, 0.717) is 39.0 Å². The number of allylic oxidation sites excluding steroid dienone is 2. The Morgan fingerprint density at radius 3 is 1.37 bits per heavy atom. The standard InChI is InChI=1S/C17H26N2.C17H25NS.C14H29NS.C14H27N.C13H25NS.C13H23NS/c2*1-16(2,3)14-11-15(17(4,5)6)19-13-10-8-7-9-12(13)18-14;1-13(2,3)11-10-12(14(4,5)6)16-9-8-15(11)7;1-13(2,3)11-8-7-9-15-12(10-11)14(4,5)6;2*1-12(2,3)10-9-11(13(4,5)6)15-8-7-14-10/h7-10,14,18H,11H2,1-6H3;7-10,15H,11H2,1-6H3;11-12H,8-10H2,1-7H3;11H,7-10H2,1-6H3;11H,7-9H2,1-6H3;9H,7-8H2,1-6H3. The Morgan fingerprint density at radius 1 is 0.414 bits per heavy atom. The Bertz CT molecular complexity index is 2850. The van der Waals surface area contributed by atoms with Gasteiger partial charge in [-0.1, -0.05) is 274 Å². The van der Waals surface area contributed by atoms with Crippen LogP contribution in [0.5, 0.6) is 0 Å². The van der Waals surface area contributed by atoms with Crippen LogP contribution in [0.2, 0.25) is 0 Å². The summed E-state index contributed by atoms with van der Waals surface area (Å²) in [6, 6.07) is 18.0. The smallest absolute Gasteiger partial charge is 0.0860 e. The molecule has 566 valence electrons. The molecule has 0 aliphatic carbocycles. The Hall–Kier alpha value is -2.31. The molecule has 0 amide bonds. The van der Waals surface area contributed by atoms with Crippen LogP contribution < -0.4 is 5.32 Å². The van der Waals surface area contributed by atoms with Gasteiger partial charge in [-0.25, -0.2) is 0 Å². The number of thioether (sulfide) groups is 4. The molecule has 11 heteroatoms. The van der Waals surface area contributed by atoms with Crippen LogP contribution in [-0.2, 0) is 0 Å². The summed E-state index contributed by atoms with van der Waals surface area (Å²) in [5.41, 5.74) is 13.4. The first kappa shape index (κ1) is 90.9. The molecular formula is C88H155N7S4. The number of hydrogen-bond acceptors (Lipinski definition) is 11. The van der Waals surface area contributed by atoms with E-state index >= 15 is 0 Å². The van der Waals surface area contributed by atoms with Crippen LogP contribution >= 0.6 is 47.0 Å². The second kappa shape index (κ2) is 36.3. The first-order valence-corrected chi connectivity index (χ1v) is 42.3. The number of hydrogen-bond donors (Lipinski definition) is 1. The highest BCUT2D eigenvalue weighted by Gasteiger charge is 2.39. The van der Waals surface area contributed by atoms with E-state index in [1.807, 2.05) is 23.5 Å². The molecule has 6 aliphatic heterocycles. The van der Waals surface area contributed by atoms with Crippen molar-refractivity contribution >= 4 is 92.7 Å². The van der Waals surface area contributed by atoms with Gasteiger partial charge in [-0.15, -0.1) is 23.5 Å². The zero-order valence-electron chi connectivity index (χ0n) is 71.4. The highest BCUT2D eigenvalue weighted by Crippen LogP contribution is 2.47. The van der Waals surface area contributed by atoms with E-state index in [2.05, 4.69) is 350 Å². The third-order valence-corrected chi connectivity index (χ3v) is 26.6. The van der Waals surface area contributed by atoms with Crippen molar-refractivity contribution in [1.29, 1.82) is 0 Å². The molecule has 1 saturated heterocycles. The van der Waals surface area contributed by atoms with Crippen molar-refractivity contribution in [2.75, 3.05) is 55.8 Å². The van der Waals surface area contributed by atoms with Crippen molar-refractivity contribution in [3.8, 4) is 0 Å². The topological polar surface area (TPSA) is 77.1 Å². The highest BCUT2D eigenvalue weighted by atomic mass is 32.2. The van der Waals surface area contributed by atoms with Crippen molar-refractivity contribution in [3.05, 3.63) is 59.5 Å². The molecule has 0 spiro atoms. The monoisotopic (exact) mass is 1440 g/mol. The SMILES string of the molecule is CC(C)(C)C1=CC(C(C)(C)C)=NCCS1.CC(C)(C)C1=NCCCC(C(C)(C)C)C1.CC(C)(C)C1=NCCSC(C(C)(C)C)C1.CC(C)(C)C1=Nc2ccccc2NC(C(C)(C)C)C1.CC(C)(C)C1=Nc2ccccc2SC(C(C)(C)C)C1.CN1CCSC(C(C)(C)C)CC1C(C)(C)C. The van der Waals surface area contributed by atoms with E-state index in [9.17, 15) is 0 Å². The average molecular weight is 1440 g/mol. The molecule has 0 saturated carbocycles. The van der Waals surface area contributed by atoms with Gasteiger partial charge in [-0.2, -0.15) is 23.5 Å². The predicted octanol–water partition coefficient (Wildman–Crippen LogP) is 27.1. The summed E-state index contributed by atoms with van der Waals surface area (Å²) >= 11 is 8.22. The number of para-hydroxylation sites is 3. The summed E-state index contributed by atoms with van der Waals surface area (Å²) in [6.07, 6.45) is 10.7. The minimum Gasteiger partial charge on any atom is -0.380 e. The molecule has 2 aromatic carbocycles. The minimum atomic E-state index is 0.114. The predicted molar refractivity (Wildman–Crippen MR) is 460 cm³/mol. The van der Waals surface area contributed by atoms with Crippen LogP contribution in [0.25, 0.3) is 0 Å². The fourth-order valence-corrected chi connectivity index (χ4v) is 17.5. The first-order valence-electron chi connectivity index (χ1n) is 38.3. The molecule has 2 aromatic rings. The zero-order chi connectivity index (χ0) is 76.1. The van der Waals surface area contributed by atoms with Gasteiger partial charge in [0, 0.05) is 127 Å². The summed E-state index contributed by atoms with van der Waals surface area (Å²) in [5.74, 6) is 4.38. The minimum absolute atomic E-state index is 0.114. The molecule has 1 N–H and O–H groups in total. The maximum Gasteiger partial charge on any atom is 0.0860 e. The number of anilines is 1. The molecule has 6 atom stereocenters. The van der Waals surface area contributed by atoms with Gasteiger partial charge < -0.3 is 10.2 Å². The largest absolute Gasteiger partial charge is 0.380 e. The van der Waals surface area contributed by atoms with Gasteiger partial charge in [-0.05, 0) is 135 Å². The quantitative estimate of drug-likeness (QED) is 0.283. The Kier molecular flexibility index (Phi) is 33.4. The first-order chi connectivity index (χ1) is 44.6. The second-order valence-electron chi connectivity index (χ2n) is 42.0. The number of nitrogens with one attached hydrogen (secondary N) is 1. The molecule has 0 bridgehead atoms. The van der Waals surface area contributed by atoms with Gasteiger partial charge in [0.1, 0.15) is 0 Å². The lowest BCUT2D eigenvalue weighted by atomic mass is 9.73. The molecule has 8 rings (SSSR count). The number of fused-ring (bicyclic) bond motifs is 2. The molecular weight excluding hydrogens is 1280 g/mol. The molecule has 6 unspecified atom stereocenters. The Morgan fingerprint density at radius 2 is 0.879 bits per heavy atom. The fraction of sp³-hybridized carbons (Fsp3) is 0.784. The summed E-state index contributed by atoms with van der Waals surface area (Å²) in [6.45, 7) is 87.3. The third-order valence-electron chi connectivity index (χ3n) is 20.0. The average Bonchev–Trinajstić information content (AvgIpc) is 1.70.